The van der Waals surface area contributed by atoms with Gasteiger partial charge >= 0.3 is 0 Å². The van der Waals surface area contributed by atoms with E-state index in [0.29, 0.717) is 29.1 Å². The van der Waals surface area contributed by atoms with Crippen LogP contribution in [0.15, 0.2) is 77.8 Å². The van der Waals surface area contributed by atoms with Gasteiger partial charge in [-0.1, -0.05) is 35.9 Å². The maximum atomic E-state index is 12.7. The Hall–Kier alpha value is -3.71. The Balaban J connectivity index is 1.44. The van der Waals surface area contributed by atoms with Crippen molar-refractivity contribution in [1.82, 2.24) is 10.2 Å². The van der Waals surface area contributed by atoms with Crippen LogP contribution in [-0.2, 0) is 22.9 Å². The van der Waals surface area contributed by atoms with Crippen LogP contribution in [-0.4, -0.2) is 31.4 Å². The van der Waals surface area contributed by atoms with Crippen LogP contribution in [0, 0.1) is 6.92 Å². The molecule has 7 heteroatoms. The molecule has 0 saturated heterocycles. The number of hydrogen-bond acceptors (Lipinski definition) is 5. The normalized spacial score (nSPS) is 12.8. The Kier molecular flexibility index (Phi) is 6.16. The van der Waals surface area contributed by atoms with Crippen LogP contribution in [0.5, 0.6) is 0 Å². The quantitative estimate of drug-likeness (QED) is 0.583. The number of nitrogens with one attached hydrogen (secondary N) is 1. The maximum Gasteiger partial charge on any atom is 0.258 e. The molecular weight excluding hydrogens is 436 g/mol. The summed E-state index contributed by atoms with van der Waals surface area (Å²) in [4.78, 5) is 27.4. The molecule has 168 valence electrons. The lowest BCUT2D eigenvalue weighted by molar-refractivity contribution is 0.0849. The average Bonchev–Trinajstić information content (AvgIpc) is 2.78. The predicted molar refractivity (Wildman–Crippen MR) is 127 cm³/mol. The van der Waals surface area contributed by atoms with Crippen LogP contribution in [0.25, 0.3) is 6.08 Å². The number of carbonyl (C=O) groups excluding carboxylic acids is 2. The molecule has 1 heterocycles. The van der Waals surface area contributed by atoms with Crippen LogP contribution in [0.4, 0.5) is 0 Å². The zero-order valence-corrected chi connectivity index (χ0v) is 19.2. The number of rotatable bonds is 5. The lowest BCUT2D eigenvalue weighted by Gasteiger charge is -2.26. The number of benzene rings is 3. The largest absolute Gasteiger partial charge is 0.369 e. The summed E-state index contributed by atoms with van der Waals surface area (Å²) in [6.07, 6.45) is 5.14. The van der Waals surface area contributed by atoms with Crippen molar-refractivity contribution in [2.45, 2.75) is 24.9 Å². The zero-order chi connectivity index (χ0) is 23.6. The van der Waals surface area contributed by atoms with Crippen LogP contribution < -0.4 is 5.32 Å². The van der Waals surface area contributed by atoms with Crippen molar-refractivity contribution in [3.63, 3.8) is 0 Å². The molecule has 0 saturated carbocycles. The molecular formula is C26H24N2O4S. The van der Waals surface area contributed by atoms with E-state index in [1.807, 2.05) is 37.4 Å². The molecule has 3 aromatic rings. The number of amides is 2. The molecule has 0 aliphatic carbocycles. The molecule has 1 aliphatic rings. The number of fused-ring (bicyclic) bond motifs is 1. The van der Waals surface area contributed by atoms with Crippen molar-refractivity contribution in [3.05, 3.63) is 106 Å². The summed E-state index contributed by atoms with van der Waals surface area (Å²) in [7, 11) is -3.22. The second kappa shape index (κ2) is 9.03. The SMILES string of the molecule is Cc1ccc(C(=O)NC(=O)c2ccc3c(c2)CN(Cc2ccc(S(C)(=O)=O)cc2)C=C3)cc1. The van der Waals surface area contributed by atoms with Crippen molar-refractivity contribution < 1.29 is 18.0 Å². The Labute approximate surface area is 193 Å². The number of carbonyl (C=O) groups is 2. The molecule has 0 atom stereocenters. The second-order valence-corrected chi connectivity index (χ2v) is 10.2. The molecule has 0 radical (unpaired) electrons. The Bertz CT molecular complexity index is 1340. The van der Waals surface area contributed by atoms with E-state index in [4.69, 9.17) is 0 Å². The third kappa shape index (κ3) is 5.38. The van der Waals surface area contributed by atoms with Crippen molar-refractivity contribution >= 4 is 27.7 Å². The predicted octanol–water partition coefficient (Wildman–Crippen LogP) is 3.96. The van der Waals surface area contributed by atoms with Gasteiger partial charge in [0.25, 0.3) is 11.8 Å². The summed E-state index contributed by atoms with van der Waals surface area (Å²) in [6, 6.07) is 19.3. The van der Waals surface area contributed by atoms with Gasteiger partial charge in [-0.15, -0.1) is 0 Å². The minimum Gasteiger partial charge on any atom is -0.369 e. The van der Waals surface area contributed by atoms with Crippen LogP contribution in [0.2, 0.25) is 0 Å². The minimum absolute atomic E-state index is 0.293. The van der Waals surface area contributed by atoms with Gasteiger partial charge in [-0.2, -0.15) is 0 Å². The first-order valence-electron chi connectivity index (χ1n) is 10.5. The highest BCUT2D eigenvalue weighted by Gasteiger charge is 2.17. The smallest absolute Gasteiger partial charge is 0.258 e. The van der Waals surface area contributed by atoms with E-state index in [1.165, 1.54) is 6.26 Å². The van der Waals surface area contributed by atoms with Gasteiger partial charge in [0, 0.05) is 36.7 Å². The molecule has 6 nitrogen and oxygen atoms in total. The van der Waals surface area contributed by atoms with E-state index in [0.717, 1.165) is 22.3 Å². The highest BCUT2D eigenvalue weighted by Crippen LogP contribution is 2.23. The molecule has 3 aromatic carbocycles. The fraction of sp³-hybridized carbons (Fsp3) is 0.154. The van der Waals surface area contributed by atoms with Crippen LogP contribution in [0.1, 0.15) is 43.0 Å². The van der Waals surface area contributed by atoms with Crippen LogP contribution >= 0.6 is 0 Å². The Morgan fingerprint density at radius 1 is 0.909 bits per heavy atom. The van der Waals surface area contributed by atoms with E-state index < -0.39 is 21.7 Å². The highest BCUT2D eigenvalue weighted by atomic mass is 32.2. The standard InChI is InChI=1S/C26H24N2O4S/c1-18-3-7-21(8-4-18)25(29)27-26(30)22-10-9-20-13-14-28(17-23(20)15-22)16-19-5-11-24(12-6-19)33(2,31)32/h3-15H,16-17H2,1-2H3,(H,27,29,30). The molecule has 1 N–H and O–H groups in total. The summed E-state index contributed by atoms with van der Waals surface area (Å²) in [5.74, 6) is -0.877. The fourth-order valence-corrected chi connectivity index (χ4v) is 4.27. The molecule has 4 rings (SSSR count). The van der Waals surface area contributed by atoms with Crippen molar-refractivity contribution in [2.75, 3.05) is 6.26 Å². The van der Waals surface area contributed by atoms with Gasteiger partial charge in [0.2, 0.25) is 0 Å². The fourth-order valence-electron chi connectivity index (χ4n) is 3.64. The third-order valence-electron chi connectivity index (χ3n) is 5.52. The number of nitrogens with zero attached hydrogens (tertiary/aromatic N) is 1. The summed E-state index contributed by atoms with van der Waals surface area (Å²) >= 11 is 0. The molecule has 0 spiro atoms. The first-order valence-corrected chi connectivity index (χ1v) is 12.3. The monoisotopic (exact) mass is 460 g/mol. The summed E-state index contributed by atoms with van der Waals surface area (Å²) in [5, 5.41) is 2.45. The highest BCUT2D eigenvalue weighted by molar-refractivity contribution is 7.90. The van der Waals surface area contributed by atoms with Crippen molar-refractivity contribution in [1.29, 1.82) is 0 Å². The Morgan fingerprint density at radius 2 is 1.55 bits per heavy atom. The first-order chi connectivity index (χ1) is 15.7. The number of hydrogen-bond donors (Lipinski definition) is 1. The lowest BCUT2D eigenvalue weighted by atomic mass is 10.00. The lowest BCUT2D eigenvalue weighted by Crippen LogP contribution is -2.30. The summed E-state index contributed by atoms with van der Waals surface area (Å²) < 4.78 is 23.3. The molecule has 2 amide bonds. The van der Waals surface area contributed by atoms with Gasteiger partial charge in [-0.3, -0.25) is 14.9 Å². The molecule has 0 fully saturated rings. The first kappa shape index (κ1) is 22.5. The topological polar surface area (TPSA) is 83.6 Å². The molecule has 0 aromatic heterocycles. The van der Waals surface area contributed by atoms with Gasteiger partial charge in [-0.25, -0.2) is 8.42 Å². The van der Waals surface area contributed by atoms with Gasteiger partial charge in [0.15, 0.2) is 9.84 Å². The summed E-state index contributed by atoms with van der Waals surface area (Å²) in [6.45, 7) is 3.12. The van der Waals surface area contributed by atoms with Gasteiger partial charge in [0.05, 0.1) is 4.90 Å². The van der Waals surface area contributed by atoms with E-state index in [9.17, 15) is 18.0 Å². The number of imide groups is 1. The van der Waals surface area contributed by atoms with E-state index >= 15 is 0 Å². The van der Waals surface area contributed by atoms with Gasteiger partial charge in [-0.05, 0) is 66.1 Å². The molecule has 0 unspecified atom stereocenters. The maximum absolute atomic E-state index is 12.7. The van der Waals surface area contributed by atoms with Crippen LogP contribution in [0.3, 0.4) is 0 Å². The van der Waals surface area contributed by atoms with Gasteiger partial charge in [0.1, 0.15) is 0 Å². The summed E-state index contributed by atoms with van der Waals surface area (Å²) in [5.41, 5.74) is 4.86. The number of aryl methyl sites for hydroxylation is 1. The van der Waals surface area contributed by atoms with Crippen molar-refractivity contribution in [2.24, 2.45) is 0 Å². The zero-order valence-electron chi connectivity index (χ0n) is 18.4. The Morgan fingerprint density at radius 3 is 2.21 bits per heavy atom. The number of sulfone groups is 1. The minimum atomic E-state index is -3.22. The van der Waals surface area contributed by atoms with Crippen molar-refractivity contribution in [3.8, 4) is 0 Å². The van der Waals surface area contributed by atoms with E-state index in [1.54, 1.807) is 48.5 Å². The second-order valence-electron chi connectivity index (χ2n) is 8.20. The molecule has 0 bridgehead atoms. The van der Waals surface area contributed by atoms with E-state index in [2.05, 4.69) is 10.2 Å². The van der Waals surface area contributed by atoms with Gasteiger partial charge < -0.3 is 4.90 Å². The third-order valence-corrected chi connectivity index (χ3v) is 6.65. The van der Waals surface area contributed by atoms with E-state index in [-0.39, 0.29) is 0 Å². The average molecular weight is 461 g/mol. The molecule has 33 heavy (non-hydrogen) atoms. The molecule has 1 aliphatic heterocycles.